The Kier molecular flexibility index (Phi) is 4.16. The molecule has 0 radical (unpaired) electrons. The van der Waals surface area contributed by atoms with Crippen LogP contribution >= 0.6 is 0 Å². The number of hydrogen-bond acceptors (Lipinski definition) is 3. The summed E-state index contributed by atoms with van der Waals surface area (Å²) >= 11 is 0. The molecule has 1 fully saturated rings. The first-order valence-corrected chi connectivity index (χ1v) is 5.09. The lowest BCUT2D eigenvalue weighted by Gasteiger charge is -2.22. The molecule has 0 aromatic heterocycles. The van der Waals surface area contributed by atoms with Crippen LogP contribution in [0.2, 0.25) is 0 Å². The van der Waals surface area contributed by atoms with E-state index in [1.165, 1.54) is 12.8 Å². The van der Waals surface area contributed by atoms with E-state index in [1.807, 2.05) is 6.92 Å². The number of ether oxygens (including phenoxy) is 1. The standard InChI is InChI=1S/C10H21NO2/c1-10(12,9-3-4-9)5-6-11-7-8-13-2/h9,11-12H,3-8H2,1-2H3. The highest BCUT2D eigenvalue weighted by molar-refractivity contribution is 4.91. The van der Waals surface area contributed by atoms with Gasteiger partial charge in [0.05, 0.1) is 12.2 Å². The van der Waals surface area contributed by atoms with Gasteiger partial charge in [-0.25, -0.2) is 0 Å². The van der Waals surface area contributed by atoms with Gasteiger partial charge in [-0.2, -0.15) is 0 Å². The minimum Gasteiger partial charge on any atom is -0.390 e. The molecule has 1 aliphatic carbocycles. The summed E-state index contributed by atoms with van der Waals surface area (Å²) < 4.78 is 4.91. The molecule has 3 heteroatoms. The quantitative estimate of drug-likeness (QED) is 0.579. The monoisotopic (exact) mass is 187 g/mol. The summed E-state index contributed by atoms with van der Waals surface area (Å²) in [5, 5.41) is 13.2. The van der Waals surface area contributed by atoms with Crippen LogP contribution in [0.5, 0.6) is 0 Å². The molecular formula is C10H21NO2. The zero-order valence-corrected chi connectivity index (χ0v) is 8.68. The highest BCUT2D eigenvalue weighted by atomic mass is 16.5. The van der Waals surface area contributed by atoms with Gasteiger partial charge in [-0.15, -0.1) is 0 Å². The Bertz CT molecular complexity index is 144. The van der Waals surface area contributed by atoms with Crippen molar-refractivity contribution in [3.63, 3.8) is 0 Å². The second-order valence-corrected chi connectivity index (χ2v) is 4.12. The Morgan fingerprint density at radius 3 is 2.69 bits per heavy atom. The fourth-order valence-corrected chi connectivity index (χ4v) is 1.55. The van der Waals surface area contributed by atoms with Crippen LogP contribution in [0.25, 0.3) is 0 Å². The fourth-order valence-electron chi connectivity index (χ4n) is 1.55. The van der Waals surface area contributed by atoms with Gasteiger partial charge in [0.15, 0.2) is 0 Å². The third kappa shape index (κ3) is 4.07. The van der Waals surface area contributed by atoms with Crippen LogP contribution in [0.15, 0.2) is 0 Å². The largest absolute Gasteiger partial charge is 0.390 e. The van der Waals surface area contributed by atoms with Crippen LogP contribution in [0.3, 0.4) is 0 Å². The van der Waals surface area contributed by atoms with E-state index in [4.69, 9.17) is 4.74 Å². The normalized spacial score (nSPS) is 21.5. The second kappa shape index (κ2) is 4.94. The van der Waals surface area contributed by atoms with Crippen molar-refractivity contribution in [3.8, 4) is 0 Å². The SMILES string of the molecule is COCCNCCC(C)(O)C1CC1. The van der Waals surface area contributed by atoms with Gasteiger partial charge in [0.25, 0.3) is 0 Å². The molecule has 1 rings (SSSR count). The summed E-state index contributed by atoms with van der Waals surface area (Å²) in [6.45, 7) is 4.44. The van der Waals surface area contributed by atoms with Crippen LogP contribution in [-0.4, -0.2) is 37.5 Å². The Labute approximate surface area is 80.5 Å². The number of rotatable bonds is 7. The minimum absolute atomic E-state index is 0.444. The Hall–Kier alpha value is -0.120. The van der Waals surface area contributed by atoms with E-state index in [9.17, 15) is 5.11 Å². The summed E-state index contributed by atoms with van der Waals surface area (Å²) in [4.78, 5) is 0. The lowest BCUT2D eigenvalue weighted by molar-refractivity contribution is 0.0281. The third-order valence-electron chi connectivity index (χ3n) is 2.75. The van der Waals surface area contributed by atoms with Gasteiger partial charge in [0, 0.05) is 13.7 Å². The topological polar surface area (TPSA) is 41.5 Å². The molecule has 0 aromatic carbocycles. The molecule has 1 aliphatic rings. The summed E-state index contributed by atoms with van der Waals surface area (Å²) in [6, 6.07) is 0. The van der Waals surface area contributed by atoms with E-state index >= 15 is 0 Å². The van der Waals surface area contributed by atoms with Gasteiger partial charge in [-0.05, 0) is 38.6 Å². The van der Waals surface area contributed by atoms with Gasteiger partial charge < -0.3 is 15.2 Å². The van der Waals surface area contributed by atoms with Crippen LogP contribution < -0.4 is 5.32 Å². The average molecular weight is 187 g/mol. The van der Waals surface area contributed by atoms with E-state index < -0.39 is 5.60 Å². The molecule has 1 atom stereocenters. The maximum absolute atomic E-state index is 9.94. The Balaban J connectivity index is 1.97. The third-order valence-corrected chi connectivity index (χ3v) is 2.75. The van der Waals surface area contributed by atoms with Crippen molar-refractivity contribution in [1.29, 1.82) is 0 Å². The zero-order valence-electron chi connectivity index (χ0n) is 8.68. The van der Waals surface area contributed by atoms with Crippen molar-refractivity contribution >= 4 is 0 Å². The molecule has 0 spiro atoms. The summed E-state index contributed by atoms with van der Waals surface area (Å²) in [5.74, 6) is 0.553. The molecule has 1 saturated carbocycles. The first kappa shape index (κ1) is 11.0. The Morgan fingerprint density at radius 2 is 2.15 bits per heavy atom. The minimum atomic E-state index is -0.444. The first-order valence-electron chi connectivity index (χ1n) is 5.09. The predicted molar refractivity (Wildman–Crippen MR) is 52.7 cm³/mol. The first-order chi connectivity index (χ1) is 6.17. The fraction of sp³-hybridized carbons (Fsp3) is 1.00. The molecule has 2 N–H and O–H groups in total. The molecule has 0 aromatic rings. The van der Waals surface area contributed by atoms with Crippen LogP contribution in [-0.2, 0) is 4.74 Å². The lowest BCUT2D eigenvalue weighted by atomic mass is 9.96. The van der Waals surface area contributed by atoms with Crippen LogP contribution in [0.4, 0.5) is 0 Å². The van der Waals surface area contributed by atoms with Crippen molar-refractivity contribution in [3.05, 3.63) is 0 Å². The molecule has 13 heavy (non-hydrogen) atoms. The smallest absolute Gasteiger partial charge is 0.0659 e. The molecule has 78 valence electrons. The van der Waals surface area contributed by atoms with Gasteiger partial charge in [-0.3, -0.25) is 0 Å². The summed E-state index contributed by atoms with van der Waals surface area (Å²) in [7, 11) is 1.70. The van der Waals surface area contributed by atoms with E-state index in [2.05, 4.69) is 5.32 Å². The second-order valence-electron chi connectivity index (χ2n) is 4.12. The molecule has 0 saturated heterocycles. The molecule has 0 amide bonds. The molecular weight excluding hydrogens is 166 g/mol. The van der Waals surface area contributed by atoms with Gasteiger partial charge in [-0.1, -0.05) is 0 Å². The van der Waals surface area contributed by atoms with Crippen LogP contribution in [0.1, 0.15) is 26.2 Å². The van der Waals surface area contributed by atoms with Crippen molar-refractivity contribution in [2.45, 2.75) is 31.8 Å². The summed E-state index contributed by atoms with van der Waals surface area (Å²) in [5.41, 5.74) is -0.444. The maximum Gasteiger partial charge on any atom is 0.0659 e. The van der Waals surface area contributed by atoms with Crippen molar-refractivity contribution in [2.75, 3.05) is 26.8 Å². The van der Waals surface area contributed by atoms with Crippen molar-refractivity contribution in [2.24, 2.45) is 5.92 Å². The number of methoxy groups -OCH3 is 1. The van der Waals surface area contributed by atoms with E-state index in [0.717, 1.165) is 26.1 Å². The highest BCUT2D eigenvalue weighted by Crippen LogP contribution is 2.40. The van der Waals surface area contributed by atoms with Crippen molar-refractivity contribution < 1.29 is 9.84 Å². The number of aliphatic hydroxyl groups is 1. The van der Waals surface area contributed by atoms with Crippen LogP contribution in [0, 0.1) is 5.92 Å². The molecule has 0 bridgehead atoms. The van der Waals surface area contributed by atoms with E-state index in [1.54, 1.807) is 7.11 Å². The van der Waals surface area contributed by atoms with Crippen molar-refractivity contribution in [1.82, 2.24) is 5.32 Å². The van der Waals surface area contributed by atoms with E-state index in [-0.39, 0.29) is 0 Å². The van der Waals surface area contributed by atoms with E-state index in [0.29, 0.717) is 5.92 Å². The van der Waals surface area contributed by atoms with Gasteiger partial charge in [0.2, 0.25) is 0 Å². The lowest BCUT2D eigenvalue weighted by Crippen LogP contribution is -2.33. The molecule has 1 unspecified atom stereocenters. The zero-order chi connectivity index (χ0) is 9.73. The molecule has 0 aliphatic heterocycles. The highest BCUT2D eigenvalue weighted by Gasteiger charge is 2.39. The Morgan fingerprint density at radius 1 is 1.46 bits per heavy atom. The number of nitrogens with one attached hydrogen (secondary N) is 1. The van der Waals surface area contributed by atoms with Gasteiger partial charge >= 0.3 is 0 Å². The molecule has 0 heterocycles. The average Bonchev–Trinajstić information content (AvgIpc) is 2.86. The number of hydrogen-bond donors (Lipinski definition) is 2. The predicted octanol–water partition coefficient (Wildman–Crippen LogP) is 0.773. The van der Waals surface area contributed by atoms with Gasteiger partial charge in [0.1, 0.15) is 0 Å². The molecule has 3 nitrogen and oxygen atoms in total. The summed E-state index contributed by atoms with van der Waals surface area (Å²) in [6.07, 6.45) is 3.25. The maximum atomic E-state index is 9.94.